The largest absolute Gasteiger partial charge is 0.458 e. The van der Waals surface area contributed by atoms with Crippen molar-refractivity contribution in [2.75, 3.05) is 0 Å². The second kappa shape index (κ2) is 14.4. The Morgan fingerprint density at radius 3 is 1.71 bits per heavy atom. The highest BCUT2D eigenvalue weighted by Gasteiger charge is 2.63. The van der Waals surface area contributed by atoms with Crippen molar-refractivity contribution in [1.29, 1.82) is 0 Å². The molecule has 1 heterocycles. The summed E-state index contributed by atoms with van der Waals surface area (Å²) < 4.78 is 22.2. The van der Waals surface area contributed by atoms with Gasteiger partial charge in [0.25, 0.3) is 0 Å². The molecule has 1 N–H and O–H groups in total. The van der Waals surface area contributed by atoms with Crippen molar-refractivity contribution in [2.45, 2.75) is 155 Å². The van der Waals surface area contributed by atoms with E-state index in [1.54, 1.807) is 20.8 Å². The Hall–Kier alpha value is -2.94. The van der Waals surface area contributed by atoms with Gasteiger partial charge in [0.05, 0.1) is 11.5 Å². The van der Waals surface area contributed by atoms with Gasteiger partial charge in [-0.2, -0.15) is 0 Å². The number of rotatable bonds is 6. The maximum atomic E-state index is 11.8. The zero-order valence-corrected chi connectivity index (χ0v) is 30.4. The van der Waals surface area contributed by atoms with E-state index in [0.717, 1.165) is 50.4 Å². The molecule has 0 radical (unpaired) electrons. The highest BCUT2D eigenvalue weighted by atomic mass is 16.6. The van der Waals surface area contributed by atoms with Crippen molar-refractivity contribution >= 4 is 23.9 Å². The van der Waals surface area contributed by atoms with Gasteiger partial charge in [-0.05, 0) is 140 Å². The summed E-state index contributed by atoms with van der Waals surface area (Å²) in [6.45, 7) is 18.1. The topological polar surface area (TPSA) is 125 Å². The molecule has 11 aliphatic rings. The molecule has 9 heteroatoms. The Bertz CT molecular complexity index is 1450. The summed E-state index contributed by atoms with van der Waals surface area (Å²) >= 11 is 0. The first-order chi connectivity index (χ1) is 23.5. The first-order valence-electron chi connectivity index (χ1n) is 19.0. The molecular formula is C43H64O9. The van der Waals surface area contributed by atoms with Gasteiger partial charge in [0, 0.05) is 35.0 Å². The summed E-state index contributed by atoms with van der Waals surface area (Å²) in [5.74, 6) is 3.77. The Labute approximate surface area is 311 Å². The lowest BCUT2D eigenvalue weighted by molar-refractivity contribution is -0.217. The Kier molecular flexibility index (Phi) is 11.1. The van der Waals surface area contributed by atoms with Crippen LogP contribution in [0.1, 0.15) is 126 Å². The molecule has 10 saturated carbocycles. The fraction of sp³-hybridized carbons (Fsp3) is 0.767. The van der Waals surface area contributed by atoms with E-state index in [4.69, 9.17) is 18.9 Å². The zero-order valence-electron chi connectivity index (χ0n) is 30.4. The molecule has 0 aromatic heterocycles. The number of esters is 4. The van der Waals surface area contributed by atoms with Crippen LogP contribution in [0.3, 0.4) is 0 Å². The van der Waals surface area contributed by atoms with Crippen molar-refractivity contribution in [1.82, 2.24) is 0 Å². The summed E-state index contributed by atoms with van der Waals surface area (Å²) in [6.07, 6.45) is 13.3. The van der Waals surface area contributed by atoms with Crippen LogP contribution in [0.15, 0.2) is 36.5 Å². The van der Waals surface area contributed by atoms with Crippen LogP contribution in [0, 0.1) is 53.3 Å². The highest BCUT2D eigenvalue weighted by Crippen LogP contribution is 2.61. The molecule has 11 fully saturated rings. The maximum absolute atomic E-state index is 11.8. The van der Waals surface area contributed by atoms with Crippen LogP contribution in [0.4, 0.5) is 0 Å². The zero-order chi connectivity index (χ0) is 35.9. The number of carbonyl (C=O) groups is 4. The number of hydrogen-bond acceptors (Lipinski definition) is 9. The first kappa shape index (κ1) is 40.2. The van der Waals surface area contributed by atoms with Gasteiger partial charge in [0.15, 0.2) is 0 Å². The standard InChI is InChI=1S/C15H22O2.C14H20O3.C12H14O4.2CH4/c1-9(2)14(16)17-15(3)12-5-10-4-11(7-12)8-13(15)6-10;1-9(2)12(15)17-14-6-10-3-11(7-14)5-13(16,4-10)8-14;1-5(2)11(13)15-9-6-3-7-8(4-6)12(14)16-10(7)9;;/h10-13H,1,4-8H2,2-3H3;10-11,16H,1,3-8H2,2H3;6-10H,1,3-4H2,2H3;2*1H4. The second-order valence-corrected chi connectivity index (χ2v) is 18.2. The quantitative estimate of drug-likeness (QED) is 0.166. The van der Waals surface area contributed by atoms with Crippen LogP contribution in [-0.2, 0) is 38.1 Å². The third-order valence-electron chi connectivity index (χ3n) is 14.1. The van der Waals surface area contributed by atoms with Crippen LogP contribution in [0.2, 0.25) is 0 Å². The minimum atomic E-state index is -0.570. The van der Waals surface area contributed by atoms with Gasteiger partial charge in [-0.25, -0.2) is 14.4 Å². The smallest absolute Gasteiger partial charge is 0.333 e. The molecule has 9 nitrogen and oxygen atoms in total. The lowest BCUT2D eigenvalue weighted by atomic mass is 9.50. The third kappa shape index (κ3) is 7.29. The van der Waals surface area contributed by atoms with Gasteiger partial charge in [0.1, 0.15) is 23.4 Å². The summed E-state index contributed by atoms with van der Waals surface area (Å²) in [7, 11) is 0. The number of aliphatic hydroxyl groups is 1. The van der Waals surface area contributed by atoms with Crippen molar-refractivity contribution in [2.24, 2.45) is 53.3 Å². The van der Waals surface area contributed by atoms with E-state index in [2.05, 4.69) is 26.7 Å². The van der Waals surface area contributed by atoms with E-state index < -0.39 is 11.2 Å². The molecule has 0 aromatic rings. The van der Waals surface area contributed by atoms with Gasteiger partial charge in [-0.3, -0.25) is 4.79 Å². The molecule has 1 aliphatic heterocycles. The first-order valence-corrected chi connectivity index (χ1v) is 19.0. The molecule has 7 atom stereocenters. The van der Waals surface area contributed by atoms with E-state index in [1.807, 2.05) is 0 Å². The van der Waals surface area contributed by atoms with E-state index in [0.29, 0.717) is 52.7 Å². The molecule has 0 aromatic carbocycles. The molecule has 7 unspecified atom stereocenters. The highest BCUT2D eigenvalue weighted by molar-refractivity contribution is 5.88. The summed E-state index contributed by atoms with van der Waals surface area (Å²) in [4.78, 5) is 46.5. The van der Waals surface area contributed by atoms with Gasteiger partial charge in [-0.15, -0.1) is 0 Å². The number of fused-ring (bicyclic) bond motifs is 1. The summed E-state index contributed by atoms with van der Waals surface area (Å²) in [6, 6.07) is 0. The molecule has 0 amide bonds. The van der Waals surface area contributed by atoms with Gasteiger partial charge in [0.2, 0.25) is 0 Å². The fourth-order valence-corrected chi connectivity index (χ4v) is 12.4. The summed E-state index contributed by atoms with van der Waals surface area (Å²) in [5.41, 5.74) is 0.203. The molecule has 11 rings (SSSR count). The van der Waals surface area contributed by atoms with Crippen LogP contribution < -0.4 is 0 Å². The summed E-state index contributed by atoms with van der Waals surface area (Å²) in [5, 5.41) is 10.5. The molecule has 290 valence electrons. The van der Waals surface area contributed by atoms with E-state index >= 15 is 0 Å². The average molecular weight is 725 g/mol. The van der Waals surface area contributed by atoms with Crippen LogP contribution in [0.25, 0.3) is 0 Å². The predicted octanol–water partition coefficient (Wildman–Crippen LogP) is 7.84. The molecular weight excluding hydrogens is 660 g/mol. The van der Waals surface area contributed by atoms with Crippen molar-refractivity contribution in [3.05, 3.63) is 36.5 Å². The van der Waals surface area contributed by atoms with Gasteiger partial charge in [-0.1, -0.05) is 34.6 Å². The molecule has 10 aliphatic carbocycles. The Morgan fingerprint density at radius 1 is 0.712 bits per heavy atom. The molecule has 52 heavy (non-hydrogen) atoms. The minimum Gasteiger partial charge on any atom is -0.458 e. The van der Waals surface area contributed by atoms with E-state index in [9.17, 15) is 24.3 Å². The van der Waals surface area contributed by atoms with Crippen molar-refractivity contribution in [3.63, 3.8) is 0 Å². The van der Waals surface area contributed by atoms with Crippen LogP contribution in [-0.4, -0.2) is 58.0 Å². The van der Waals surface area contributed by atoms with Crippen molar-refractivity contribution < 1.29 is 43.2 Å². The van der Waals surface area contributed by atoms with Crippen LogP contribution >= 0.6 is 0 Å². The van der Waals surface area contributed by atoms with Crippen molar-refractivity contribution in [3.8, 4) is 0 Å². The maximum Gasteiger partial charge on any atom is 0.333 e. The number of carbonyl (C=O) groups excluding carboxylic acids is 4. The lowest BCUT2D eigenvalue weighted by Crippen LogP contribution is -2.60. The Balaban J connectivity index is 0.000000148. The number of ether oxygens (including phenoxy) is 4. The fourth-order valence-electron chi connectivity index (χ4n) is 12.4. The monoisotopic (exact) mass is 724 g/mol. The molecule has 10 bridgehead atoms. The second-order valence-electron chi connectivity index (χ2n) is 18.2. The van der Waals surface area contributed by atoms with E-state index in [1.165, 1.54) is 38.5 Å². The van der Waals surface area contributed by atoms with Gasteiger partial charge >= 0.3 is 23.9 Å². The average Bonchev–Trinajstić information content (AvgIpc) is 3.64. The normalized spacial score (nSPS) is 44.0. The van der Waals surface area contributed by atoms with E-state index in [-0.39, 0.29) is 68.4 Å². The SMILES string of the molecule is C.C.C=C(C)C(=O)OC1(C)C2CC3CC(C2)CC1C3.C=C(C)C(=O)OC12CC3CC(CC(O)(C3)C1)C2.C=C(C)C(=O)OC1C2CC3C(=O)OC1C3C2. The molecule has 0 spiro atoms. The molecule has 1 saturated heterocycles. The van der Waals surface area contributed by atoms with Crippen LogP contribution in [0.5, 0.6) is 0 Å². The Morgan fingerprint density at radius 2 is 1.21 bits per heavy atom. The lowest BCUT2D eigenvalue weighted by Gasteiger charge is -2.59. The predicted molar refractivity (Wildman–Crippen MR) is 197 cm³/mol. The third-order valence-corrected chi connectivity index (χ3v) is 14.1. The van der Waals surface area contributed by atoms with Gasteiger partial charge < -0.3 is 24.1 Å². The minimum absolute atomic E-state index is 0. The number of hydrogen-bond donors (Lipinski definition) is 1.